The highest BCUT2D eigenvalue weighted by atomic mass is 35.5. The van der Waals surface area contributed by atoms with Crippen LogP contribution in [-0.4, -0.2) is 26.9 Å². The number of carbonyl (C=O) groups excluding carboxylic acids is 1. The summed E-state index contributed by atoms with van der Waals surface area (Å²) in [6, 6.07) is 4.97. The molecule has 10 heteroatoms. The number of fused-ring (bicyclic) bond motifs is 1. The van der Waals surface area contributed by atoms with E-state index < -0.39 is 17.2 Å². The van der Waals surface area contributed by atoms with Crippen LogP contribution in [0.2, 0.25) is 10.0 Å². The fourth-order valence-electron chi connectivity index (χ4n) is 2.52. The van der Waals surface area contributed by atoms with E-state index in [-0.39, 0.29) is 12.2 Å². The Hall–Kier alpha value is -2.13. The summed E-state index contributed by atoms with van der Waals surface area (Å²) >= 11 is 13.1. The van der Waals surface area contributed by atoms with Gasteiger partial charge in [0.15, 0.2) is 17.2 Å². The van der Waals surface area contributed by atoms with Gasteiger partial charge in [0.2, 0.25) is 5.75 Å². The molecule has 1 radical (unpaired) electrons. The molecule has 0 unspecified atom stereocenters. The highest BCUT2D eigenvalue weighted by Gasteiger charge is 2.20. The zero-order valence-corrected chi connectivity index (χ0v) is 17.3. The van der Waals surface area contributed by atoms with Crippen molar-refractivity contribution in [2.45, 2.75) is 26.4 Å². The molecule has 0 fully saturated rings. The maximum absolute atomic E-state index is 12.5. The summed E-state index contributed by atoms with van der Waals surface area (Å²) in [5.41, 5.74) is -0.261. The van der Waals surface area contributed by atoms with Crippen molar-refractivity contribution in [3.8, 4) is 5.75 Å². The summed E-state index contributed by atoms with van der Waals surface area (Å²) < 4.78 is 1.25. The lowest BCUT2D eigenvalue weighted by Gasteiger charge is -2.07. The SMILES string of the molecule is CCC[NH+]Cc1cn2c(=O)c(O)c(C(=O)NCc3ccc(Cl)c(Cl)c3)nc2s1. The van der Waals surface area contributed by atoms with Gasteiger partial charge in [-0.3, -0.25) is 14.0 Å². The van der Waals surface area contributed by atoms with E-state index in [4.69, 9.17) is 23.2 Å². The Morgan fingerprint density at radius 3 is 2.86 bits per heavy atom. The molecule has 3 rings (SSSR count). The van der Waals surface area contributed by atoms with E-state index in [1.165, 1.54) is 15.7 Å². The minimum atomic E-state index is -0.685. The van der Waals surface area contributed by atoms with Gasteiger partial charge in [0.1, 0.15) is 6.54 Å². The lowest BCUT2D eigenvalue weighted by atomic mass is 10.2. The van der Waals surface area contributed by atoms with Gasteiger partial charge in [-0.15, -0.1) is 0 Å². The monoisotopic (exact) mass is 440 g/mol. The van der Waals surface area contributed by atoms with E-state index in [9.17, 15) is 14.7 Å². The Kier molecular flexibility index (Phi) is 6.56. The number of rotatable bonds is 7. The van der Waals surface area contributed by atoms with Crippen LogP contribution in [0.25, 0.3) is 4.96 Å². The van der Waals surface area contributed by atoms with Gasteiger partial charge in [-0.25, -0.2) is 4.98 Å². The number of halogens is 2. The van der Waals surface area contributed by atoms with Crippen LogP contribution in [0.1, 0.15) is 34.3 Å². The molecule has 3 aromatic rings. The van der Waals surface area contributed by atoms with Gasteiger partial charge in [-0.1, -0.05) is 47.5 Å². The second-order valence-corrected chi connectivity index (χ2v) is 7.98. The molecule has 0 aliphatic heterocycles. The minimum Gasteiger partial charge on any atom is -0.501 e. The maximum Gasteiger partial charge on any atom is 0.301 e. The molecule has 147 valence electrons. The number of amides is 1. The molecule has 3 N–H and O–H groups in total. The minimum absolute atomic E-state index is 0.146. The van der Waals surface area contributed by atoms with Gasteiger partial charge in [-0.05, 0) is 24.1 Å². The van der Waals surface area contributed by atoms with Gasteiger partial charge >= 0.3 is 5.56 Å². The topological polar surface area (TPSA) is 99.3 Å². The van der Waals surface area contributed by atoms with Crippen molar-refractivity contribution in [3.63, 3.8) is 0 Å². The normalized spacial score (nSPS) is 11.1. The van der Waals surface area contributed by atoms with Crippen molar-refractivity contribution < 1.29 is 15.2 Å². The fourth-order valence-corrected chi connectivity index (χ4v) is 3.78. The summed E-state index contributed by atoms with van der Waals surface area (Å²) in [5, 5.41) is 16.8. The lowest BCUT2D eigenvalue weighted by Crippen LogP contribution is -2.82. The van der Waals surface area contributed by atoms with Crippen molar-refractivity contribution in [1.29, 1.82) is 0 Å². The molecule has 0 saturated carbocycles. The smallest absolute Gasteiger partial charge is 0.301 e. The van der Waals surface area contributed by atoms with Crippen molar-refractivity contribution >= 4 is 45.4 Å². The van der Waals surface area contributed by atoms with Crippen LogP contribution in [0.5, 0.6) is 5.75 Å². The summed E-state index contributed by atoms with van der Waals surface area (Å²) in [6.07, 6.45) is 2.61. The number of benzene rings is 1. The van der Waals surface area contributed by atoms with Gasteiger partial charge in [-0.2, -0.15) is 5.32 Å². The third kappa shape index (κ3) is 4.47. The van der Waals surface area contributed by atoms with E-state index >= 15 is 0 Å². The second kappa shape index (κ2) is 8.91. The van der Waals surface area contributed by atoms with Crippen LogP contribution in [-0.2, 0) is 13.1 Å². The van der Waals surface area contributed by atoms with Crippen molar-refractivity contribution in [3.05, 3.63) is 60.9 Å². The first-order valence-corrected chi connectivity index (χ1v) is 10.1. The predicted octanol–water partition coefficient (Wildman–Crippen LogP) is 1.96. The van der Waals surface area contributed by atoms with E-state index in [1.807, 2.05) is 0 Å². The number of carbonyl (C=O) groups is 1. The summed E-state index contributed by atoms with van der Waals surface area (Å²) in [5.74, 6) is -1.34. The molecule has 0 bridgehead atoms. The van der Waals surface area contributed by atoms with Gasteiger partial charge < -0.3 is 10.4 Å². The van der Waals surface area contributed by atoms with Gasteiger partial charge in [0.05, 0.1) is 14.9 Å². The van der Waals surface area contributed by atoms with Crippen LogP contribution in [0.4, 0.5) is 0 Å². The molecule has 2 aromatic heterocycles. The molecule has 0 spiro atoms. The molecule has 0 saturated heterocycles. The first kappa shape index (κ1) is 20.6. The highest BCUT2D eigenvalue weighted by Crippen LogP contribution is 2.23. The summed E-state index contributed by atoms with van der Waals surface area (Å²) in [7, 11) is 0. The van der Waals surface area contributed by atoms with E-state index in [0.717, 1.165) is 23.4 Å². The third-order valence-corrected chi connectivity index (χ3v) is 5.65. The zero-order chi connectivity index (χ0) is 20.3. The van der Waals surface area contributed by atoms with Crippen molar-refractivity contribution in [2.24, 2.45) is 0 Å². The largest absolute Gasteiger partial charge is 0.501 e. The van der Waals surface area contributed by atoms with Gasteiger partial charge in [0, 0.05) is 12.7 Å². The predicted molar refractivity (Wildman–Crippen MR) is 108 cm³/mol. The molecule has 7 nitrogen and oxygen atoms in total. The number of thiazole rings is 1. The van der Waals surface area contributed by atoms with Gasteiger partial charge in [0.25, 0.3) is 5.91 Å². The van der Waals surface area contributed by atoms with E-state index in [2.05, 4.69) is 22.5 Å². The molecule has 2 heterocycles. The number of nitrogens with one attached hydrogen (secondary N) is 2. The Morgan fingerprint density at radius 2 is 2.14 bits per heavy atom. The molecule has 28 heavy (non-hydrogen) atoms. The van der Waals surface area contributed by atoms with Crippen LogP contribution < -0.4 is 16.2 Å². The standard InChI is InChI=1S/C18H18Cl2N4O3S/c1-2-5-21-8-11-9-24-17(27)15(25)14(23-18(24)28-11)16(26)22-7-10-3-4-12(19)13(20)6-10/h3-4,6,9,21,25H,2,5,7-8H2,1H3,(H,22,26)/q+1. The lowest BCUT2D eigenvalue weighted by molar-refractivity contribution is -0.670. The summed E-state index contributed by atoms with van der Waals surface area (Å²) in [4.78, 5) is 30.3. The van der Waals surface area contributed by atoms with Crippen LogP contribution >= 0.6 is 34.5 Å². The molecule has 1 aromatic carbocycles. The van der Waals surface area contributed by atoms with E-state index in [1.54, 1.807) is 24.4 Å². The second-order valence-electron chi connectivity index (χ2n) is 6.07. The average molecular weight is 441 g/mol. The fraction of sp³-hybridized carbons (Fsp3) is 0.278. The third-order valence-electron chi connectivity index (χ3n) is 3.93. The first-order chi connectivity index (χ1) is 13.4. The molecular weight excluding hydrogens is 423 g/mol. The van der Waals surface area contributed by atoms with Crippen LogP contribution in [0, 0.1) is 0 Å². The zero-order valence-electron chi connectivity index (χ0n) is 15.0. The number of hydrogen-bond acceptors (Lipinski definition) is 6. The maximum atomic E-state index is 12.5. The first-order valence-electron chi connectivity index (χ1n) is 8.57. The number of aromatic hydroxyl groups is 1. The quantitative estimate of drug-likeness (QED) is 0.488. The van der Waals surface area contributed by atoms with Crippen molar-refractivity contribution in [2.75, 3.05) is 6.54 Å². The average Bonchev–Trinajstić information content (AvgIpc) is 3.09. The van der Waals surface area contributed by atoms with E-state index in [0.29, 0.717) is 21.6 Å². The van der Waals surface area contributed by atoms with Crippen molar-refractivity contribution in [1.82, 2.24) is 14.7 Å². The number of aromatic nitrogens is 2. The number of hydrogen-bond donors (Lipinski definition) is 3. The molecule has 0 aliphatic carbocycles. The molecule has 0 aliphatic rings. The molecule has 0 atom stereocenters. The Balaban J connectivity index is 1.81. The highest BCUT2D eigenvalue weighted by molar-refractivity contribution is 7.17. The molecular formula is C18H18Cl2N4O3S+. The summed E-state index contributed by atoms with van der Waals surface area (Å²) in [6.45, 7) is 3.64. The van der Waals surface area contributed by atoms with Crippen LogP contribution in [0.3, 0.4) is 0 Å². The Bertz CT molecular complexity index is 1080. The van der Waals surface area contributed by atoms with Crippen LogP contribution in [0.15, 0.2) is 29.2 Å². The Labute approximate surface area is 174 Å². The number of nitrogens with zero attached hydrogens (tertiary/aromatic N) is 2. The Morgan fingerprint density at radius 1 is 1.36 bits per heavy atom. The molecule has 1 amide bonds.